The van der Waals surface area contributed by atoms with Crippen LogP contribution in [-0.2, 0) is 4.79 Å². The minimum Gasteiger partial charge on any atom is -0.298 e. The van der Waals surface area contributed by atoms with Gasteiger partial charge in [0, 0.05) is 0 Å². The average Bonchev–Trinajstić information content (AvgIpc) is 2.60. The van der Waals surface area contributed by atoms with E-state index < -0.39 is 62.8 Å². The Hall–Kier alpha value is -0.910. The Morgan fingerprint density at radius 3 is 1.30 bits per heavy atom. The summed E-state index contributed by atoms with van der Waals surface area (Å²) in [5.74, 6) is -12.1. The van der Waals surface area contributed by atoms with E-state index in [2.05, 4.69) is 31.9 Å². The van der Waals surface area contributed by atoms with E-state index in [1.807, 2.05) is 0 Å². The molecule has 2 aromatic carbocycles. The van der Waals surface area contributed by atoms with Gasteiger partial charge >= 0.3 is 12.4 Å². The molecular formula is C17H6Br2Cl2F8O. The molecule has 0 radical (unpaired) electrons. The third-order valence-electron chi connectivity index (χ3n) is 3.98. The Kier molecular flexibility index (Phi) is 7.53. The molecule has 0 aliphatic carbocycles. The molecule has 0 bridgehead atoms. The summed E-state index contributed by atoms with van der Waals surface area (Å²) in [6, 6.07) is 2.67. The predicted molar refractivity (Wildman–Crippen MR) is 101 cm³/mol. The molecule has 1 nitrogen and oxygen atoms in total. The minimum absolute atomic E-state index is 0.366. The second-order valence-corrected chi connectivity index (χ2v) is 8.35. The first-order chi connectivity index (χ1) is 13.6. The number of hydrogen-bond acceptors (Lipinski definition) is 1. The van der Waals surface area contributed by atoms with Crippen LogP contribution >= 0.6 is 55.1 Å². The number of rotatable bonds is 4. The van der Waals surface area contributed by atoms with Crippen molar-refractivity contribution >= 4 is 60.8 Å². The van der Waals surface area contributed by atoms with E-state index in [-0.39, 0.29) is 8.95 Å². The summed E-state index contributed by atoms with van der Waals surface area (Å²) in [6.07, 6.45) is -11.2. The van der Waals surface area contributed by atoms with Crippen LogP contribution in [0.2, 0.25) is 10.0 Å². The maximum atomic E-state index is 14.0. The average molecular weight is 609 g/mol. The van der Waals surface area contributed by atoms with Gasteiger partial charge in [-0.15, -0.1) is 0 Å². The lowest BCUT2D eigenvalue weighted by atomic mass is 9.82. The first kappa shape index (κ1) is 25.4. The molecule has 0 spiro atoms. The molecule has 30 heavy (non-hydrogen) atoms. The molecule has 0 N–H and O–H groups in total. The van der Waals surface area contributed by atoms with Crippen LogP contribution in [0.5, 0.6) is 0 Å². The Bertz CT molecular complexity index is 914. The largest absolute Gasteiger partial charge is 0.402 e. The summed E-state index contributed by atoms with van der Waals surface area (Å²) in [6.45, 7) is 0. The van der Waals surface area contributed by atoms with E-state index in [1.165, 1.54) is 0 Å². The zero-order valence-corrected chi connectivity index (χ0v) is 18.6. The van der Waals surface area contributed by atoms with Crippen molar-refractivity contribution in [1.29, 1.82) is 0 Å². The molecule has 2 rings (SSSR count). The molecule has 2 atom stereocenters. The van der Waals surface area contributed by atoms with Gasteiger partial charge in [-0.25, -0.2) is 8.78 Å². The molecule has 0 saturated heterocycles. The van der Waals surface area contributed by atoms with Gasteiger partial charge in [0.05, 0.1) is 19.0 Å². The van der Waals surface area contributed by atoms with E-state index in [4.69, 9.17) is 23.2 Å². The smallest absolute Gasteiger partial charge is 0.298 e. The van der Waals surface area contributed by atoms with E-state index in [0.29, 0.717) is 12.1 Å². The number of alkyl halides is 6. The molecule has 0 aromatic heterocycles. The maximum absolute atomic E-state index is 14.0. The molecule has 0 fully saturated rings. The highest BCUT2D eigenvalue weighted by Crippen LogP contribution is 2.48. The monoisotopic (exact) mass is 606 g/mol. The molecular weight excluding hydrogens is 603 g/mol. The summed E-state index contributed by atoms with van der Waals surface area (Å²) in [5, 5.41) is -2.37. The maximum Gasteiger partial charge on any atom is 0.402 e. The van der Waals surface area contributed by atoms with Gasteiger partial charge in [-0.05, 0) is 55.1 Å². The Morgan fingerprint density at radius 2 is 1.03 bits per heavy atom. The lowest BCUT2D eigenvalue weighted by molar-refractivity contribution is -0.183. The Morgan fingerprint density at radius 1 is 0.733 bits per heavy atom. The molecule has 164 valence electrons. The van der Waals surface area contributed by atoms with Crippen molar-refractivity contribution in [2.24, 2.45) is 0 Å². The summed E-state index contributed by atoms with van der Waals surface area (Å²) in [5.41, 5.74) is -2.45. The van der Waals surface area contributed by atoms with Crippen molar-refractivity contribution in [2.75, 3.05) is 0 Å². The van der Waals surface area contributed by atoms with E-state index in [9.17, 15) is 39.9 Å². The standard InChI is InChI=1S/C17H6Br2Cl2F8O/c18-7-3-1-5(11(20)13(7)22)9(16(24,25)26)15(30)10(17(27,28)29)6-2-4-8(19)14(23)12(6)21/h1-4,9-10H. The summed E-state index contributed by atoms with van der Waals surface area (Å²) >= 11 is 16.4. The van der Waals surface area contributed by atoms with Crippen molar-refractivity contribution < 1.29 is 39.9 Å². The van der Waals surface area contributed by atoms with Crippen LogP contribution in [0.15, 0.2) is 33.2 Å². The van der Waals surface area contributed by atoms with Gasteiger partial charge in [0.25, 0.3) is 0 Å². The third-order valence-corrected chi connectivity index (χ3v) is 5.97. The van der Waals surface area contributed by atoms with Gasteiger partial charge in [0.15, 0.2) is 17.4 Å². The van der Waals surface area contributed by atoms with Gasteiger partial charge in [0.2, 0.25) is 0 Å². The minimum atomic E-state index is -5.58. The van der Waals surface area contributed by atoms with Gasteiger partial charge in [0.1, 0.15) is 11.8 Å². The van der Waals surface area contributed by atoms with Crippen LogP contribution in [0.1, 0.15) is 23.0 Å². The Labute approximate surface area is 190 Å². The fourth-order valence-electron chi connectivity index (χ4n) is 2.68. The molecule has 0 saturated carbocycles. The fourth-order valence-corrected chi connectivity index (χ4v) is 4.11. The van der Waals surface area contributed by atoms with E-state index in [1.54, 1.807) is 0 Å². The third kappa shape index (κ3) is 4.94. The molecule has 2 aromatic rings. The number of Topliss-reactive ketones (excluding diaryl/α,β-unsaturated/α-hetero) is 1. The Balaban J connectivity index is 2.76. The van der Waals surface area contributed by atoms with Gasteiger partial charge in [-0.1, -0.05) is 35.3 Å². The van der Waals surface area contributed by atoms with Crippen molar-refractivity contribution in [3.8, 4) is 0 Å². The second kappa shape index (κ2) is 8.91. The van der Waals surface area contributed by atoms with Crippen LogP contribution in [0.25, 0.3) is 0 Å². The number of ketones is 1. The van der Waals surface area contributed by atoms with Gasteiger partial charge < -0.3 is 0 Å². The highest BCUT2D eigenvalue weighted by atomic mass is 79.9. The molecule has 13 heteroatoms. The van der Waals surface area contributed by atoms with Gasteiger partial charge in [-0.2, -0.15) is 26.3 Å². The molecule has 0 aliphatic heterocycles. The number of halogens is 12. The molecule has 0 aliphatic rings. The van der Waals surface area contributed by atoms with E-state index >= 15 is 0 Å². The first-order valence-electron chi connectivity index (χ1n) is 7.53. The highest BCUT2D eigenvalue weighted by Gasteiger charge is 2.56. The molecule has 0 amide bonds. The highest BCUT2D eigenvalue weighted by molar-refractivity contribution is 9.10. The quantitative estimate of drug-likeness (QED) is 0.252. The van der Waals surface area contributed by atoms with Crippen LogP contribution in [0.4, 0.5) is 35.1 Å². The zero-order valence-electron chi connectivity index (χ0n) is 13.9. The van der Waals surface area contributed by atoms with Crippen LogP contribution in [0, 0.1) is 11.6 Å². The van der Waals surface area contributed by atoms with Crippen molar-refractivity contribution in [3.05, 3.63) is 66.0 Å². The fraction of sp³-hybridized carbons (Fsp3) is 0.235. The summed E-state index contributed by atoms with van der Waals surface area (Å²) in [4.78, 5) is 12.6. The van der Waals surface area contributed by atoms with Crippen LogP contribution < -0.4 is 0 Å². The van der Waals surface area contributed by atoms with Crippen molar-refractivity contribution in [2.45, 2.75) is 24.2 Å². The van der Waals surface area contributed by atoms with Crippen LogP contribution in [0.3, 0.4) is 0 Å². The van der Waals surface area contributed by atoms with E-state index in [0.717, 1.165) is 12.1 Å². The lowest BCUT2D eigenvalue weighted by Gasteiger charge is -2.28. The number of hydrogen-bond donors (Lipinski definition) is 0. The summed E-state index contributed by atoms with van der Waals surface area (Å²) < 4.78 is 109. The molecule has 2 unspecified atom stereocenters. The SMILES string of the molecule is O=C(C(c1ccc(Br)c(F)c1Cl)C(F)(F)F)C(c1ccc(Br)c(F)c1Cl)C(F)(F)F. The second-order valence-electron chi connectivity index (χ2n) is 5.88. The first-order valence-corrected chi connectivity index (χ1v) is 9.87. The topological polar surface area (TPSA) is 17.1 Å². The number of benzene rings is 2. The number of carbonyl (C=O) groups excluding carboxylic acids is 1. The van der Waals surface area contributed by atoms with Crippen LogP contribution in [-0.4, -0.2) is 18.1 Å². The van der Waals surface area contributed by atoms with Gasteiger partial charge in [-0.3, -0.25) is 4.79 Å². The summed E-state index contributed by atoms with van der Waals surface area (Å²) in [7, 11) is 0. The normalized spacial score (nSPS) is 14.5. The van der Waals surface area contributed by atoms with Crippen molar-refractivity contribution in [1.82, 2.24) is 0 Å². The number of carbonyl (C=O) groups is 1. The molecule has 0 heterocycles. The zero-order chi connectivity index (χ0) is 23.2. The van der Waals surface area contributed by atoms with Crippen molar-refractivity contribution in [3.63, 3.8) is 0 Å². The predicted octanol–water partition coefficient (Wildman–Crippen LogP) is 8.36. The lowest BCUT2D eigenvalue weighted by Crippen LogP contribution is -2.38.